The standard InChI is InChI=1S/2C28H36P.4BrH.4Mn.2H2O.10O/c2*1-2-3-4-5-6-7-8-18-25-29(26-19-12-9-13-20-26,27-21-14-10-15-22-27)28-23-16-11-17-24-28;;;;;;;;;;;;;;;;;;;;/h2*9-17,19-24H,2-8,18,25H2,1H3;4*1H;;;;;2*1H2;;;;;;;;;;/q2*+1;;;;;2*+1;2*+2;;;;;;;;;;;2*-1/p-6. The van der Waals surface area contributed by atoms with Gasteiger partial charge in [-0.15, -0.1) is 0 Å². The van der Waals surface area contributed by atoms with Crippen LogP contribution in [0.2, 0.25) is 0 Å². The summed E-state index contributed by atoms with van der Waals surface area (Å²) in [5.41, 5.74) is 0. The first-order chi connectivity index (χ1) is 36.8. The summed E-state index contributed by atoms with van der Waals surface area (Å²) in [6, 6.07) is 67.7. The third-order valence-corrected chi connectivity index (χ3v) is 20.9. The van der Waals surface area contributed by atoms with E-state index in [0.29, 0.717) is 0 Å². The van der Waals surface area contributed by atoms with E-state index in [1.807, 2.05) is 56.4 Å². The van der Waals surface area contributed by atoms with Gasteiger partial charge in [0.1, 0.15) is 46.4 Å². The molecule has 2 N–H and O–H groups in total. The first-order valence-corrected chi connectivity index (χ1v) is 46.8. The van der Waals surface area contributed by atoms with Gasteiger partial charge in [-0.2, -0.15) is 0 Å². The second-order valence-corrected chi connectivity index (χ2v) is 41.7. The molecule has 0 saturated heterocycles. The van der Waals surface area contributed by atoms with E-state index in [9.17, 15) is 0 Å². The van der Waals surface area contributed by atoms with Gasteiger partial charge in [0, 0.05) is 0 Å². The Morgan fingerprint density at radius 2 is 0.436 bits per heavy atom. The Bertz CT molecular complexity index is 2440. The van der Waals surface area contributed by atoms with E-state index in [4.69, 9.17) is 47.4 Å². The Kier molecular flexibility index (Phi) is 39.5. The molecular formula is C56H74Br4Mn4O12P2. The van der Waals surface area contributed by atoms with Crippen LogP contribution >= 0.6 is 71.0 Å². The Labute approximate surface area is 500 Å². The molecular weight excluding hydrogens is 1470 g/mol. The maximum atomic E-state index is 9.16. The Morgan fingerprint density at radius 3 is 0.577 bits per heavy atom. The van der Waals surface area contributed by atoms with E-state index < -0.39 is 59.4 Å². The summed E-state index contributed by atoms with van der Waals surface area (Å²) >= 11 is -10.1. The molecule has 0 aliphatic carbocycles. The zero-order chi connectivity index (χ0) is 58.4. The molecule has 0 saturated carbocycles. The van der Waals surface area contributed by atoms with Crippen LogP contribution < -0.4 is 40.2 Å². The fourth-order valence-corrected chi connectivity index (χ4v) is 17.6. The molecule has 436 valence electrons. The number of rotatable bonds is 24. The molecule has 0 radical (unpaired) electrons. The van der Waals surface area contributed by atoms with E-state index in [2.05, 4.69) is 196 Å². The van der Waals surface area contributed by atoms with Crippen LogP contribution in [0.5, 0.6) is 0 Å². The minimum absolute atomic E-state index is 1.26. The Morgan fingerprint density at radius 1 is 0.308 bits per heavy atom. The molecule has 0 aliphatic rings. The van der Waals surface area contributed by atoms with Crippen molar-refractivity contribution in [3.05, 3.63) is 182 Å². The van der Waals surface area contributed by atoms with Crippen LogP contribution in [0.4, 0.5) is 0 Å². The Hall–Kier alpha value is -1.58. The van der Waals surface area contributed by atoms with Crippen molar-refractivity contribution >= 4 is 103 Å². The summed E-state index contributed by atoms with van der Waals surface area (Å²) in [4.78, 5) is 0. The van der Waals surface area contributed by atoms with Gasteiger partial charge in [-0.1, -0.05) is 200 Å². The van der Waals surface area contributed by atoms with Gasteiger partial charge in [-0.3, -0.25) is 0 Å². The summed E-state index contributed by atoms with van der Waals surface area (Å²) in [5, 5.41) is 9.09. The molecule has 0 fully saturated rings. The third-order valence-electron chi connectivity index (χ3n) is 11.9. The van der Waals surface area contributed by atoms with Crippen molar-refractivity contribution in [2.45, 2.75) is 117 Å². The molecule has 78 heavy (non-hydrogen) atoms. The van der Waals surface area contributed by atoms with E-state index in [1.165, 1.54) is 147 Å². The van der Waals surface area contributed by atoms with Crippen molar-refractivity contribution in [2.24, 2.45) is 0 Å². The van der Waals surface area contributed by atoms with Crippen LogP contribution in [0.3, 0.4) is 0 Å². The average molecular weight is 1540 g/mol. The van der Waals surface area contributed by atoms with E-state index in [1.54, 1.807) is 0 Å². The van der Waals surface area contributed by atoms with Gasteiger partial charge in [0.25, 0.3) is 0 Å². The fourth-order valence-electron chi connectivity index (χ4n) is 8.73. The molecule has 0 heterocycles. The predicted molar refractivity (Wildman–Crippen MR) is 311 cm³/mol. The number of halogens is 4. The summed E-state index contributed by atoms with van der Waals surface area (Å²) in [6.45, 7) is 4.58. The molecule has 0 spiro atoms. The zero-order valence-electron chi connectivity index (χ0n) is 43.9. The van der Waals surface area contributed by atoms with Crippen molar-refractivity contribution in [1.82, 2.24) is 0 Å². The van der Waals surface area contributed by atoms with E-state index in [0.717, 1.165) is 0 Å². The summed E-state index contributed by atoms with van der Waals surface area (Å²) < 4.78 is 106. The molecule has 0 aromatic heterocycles. The monoisotopic (exact) mass is 1540 g/mol. The number of benzene rings is 6. The van der Waals surface area contributed by atoms with Crippen LogP contribution in [0, 0.1) is 0 Å². The number of hydrogen-bond acceptors (Lipinski definition) is 10. The van der Waals surface area contributed by atoms with Gasteiger partial charge in [0.05, 0.1) is 12.3 Å². The van der Waals surface area contributed by atoms with Crippen LogP contribution in [0.1, 0.15) is 117 Å². The fraction of sp³-hybridized carbons (Fsp3) is 0.357. The van der Waals surface area contributed by atoms with Gasteiger partial charge in [-0.05, 0) is 98.5 Å². The average Bonchev–Trinajstić information content (AvgIpc) is 3.39. The molecule has 0 bridgehead atoms. The minimum atomic E-state index is -4.56. The number of unbranched alkanes of at least 4 members (excludes halogenated alkanes) is 14. The van der Waals surface area contributed by atoms with Crippen molar-refractivity contribution < 1.29 is 92.4 Å². The molecule has 0 atom stereocenters. The van der Waals surface area contributed by atoms with Crippen molar-refractivity contribution in [1.29, 1.82) is 0 Å². The van der Waals surface area contributed by atoms with E-state index in [-0.39, 0.29) is 0 Å². The summed E-state index contributed by atoms with van der Waals surface area (Å²) in [5.74, 6) is 0. The van der Waals surface area contributed by atoms with Gasteiger partial charge in [0.2, 0.25) is 0 Å². The maximum absolute atomic E-state index is 9.16. The SMILES string of the molecule is CCCCCCCCCC[P+](c1ccccc1)(c1ccccc1)c1ccccc1.CCCCCCCCCC[P+](c1ccccc1)(c1ccccc1)c1ccccc1.[O]=[Mn](=[O])([O-])[Br].[O]=[Mn](=[O])([O-])[Br].[O]=[Mn](=[O])([OH])[Br].[O]=[Mn](=[O])([OH])[Br]. The molecule has 0 unspecified atom stereocenters. The van der Waals surface area contributed by atoms with Crippen LogP contribution in [-0.4, -0.2) is 20.7 Å². The molecule has 0 aliphatic heterocycles. The molecule has 12 nitrogen and oxygen atoms in total. The van der Waals surface area contributed by atoms with Gasteiger partial charge >= 0.3 is 149 Å². The predicted octanol–water partition coefficient (Wildman–Crippen LogP) is 13.2. The van der Waals surface area contributed by atoms with Crippen molar-refractivity contribution in [3.63, 3.8) is 0 Å². The second-order valence-electron chi connectivity index (χ2n) is 17.5. The first kappa shape index (κ1) is 74.4. The molecule has 6 rings (SSSR count). The van der Waals surface area contributed by atoms with Gasteiger partial charge < -0.3 is 0 Å². The molecule has 0 amide bonds. The summed E-state index contributed by atoms with van der Waals surface area (Å²) in [7, 11) is -3.24. The van der Waals surface area contributed by atoms with Crippen LogP contribution in [0.15, 0.2) is 182 Å². The normalized spacial score (nSPS) is 11.5. The van der Waals surface area contributed by atoms with E-state index >= 15 is 0 Å². The molecule has 22 heteroatoms. The topological polar surface area (TPSA) is 223 Å². The van der Waals surface area contributed by atoms with Crippen molar-refractivity contribution in [2.75, 3.05) is 12.3 Å². The molecule has 6 aromatic rings. The number of hydrogen-bond donors (Lipinski definition) is 2. The Balaban J connectivity index is 0.000000579. The summed E-state index contributed by atoms with van der Waals surface area (Å²) in [6.07, 6.45) is 24.5. The van der Waals surface area contributed by atoms with Gasteiger partial charge in [-0.25, -0.2) is 0 Å². The zero-order valence-corrected chi connectivity index (χ0v) is 56.8. The molecule has 6 aromatic carbocycles. The second kappa shape index (κ2) is 41.4. The van der Waals surface area contributed by atoms with Gasteiger partial charge in [0.15, 0.2) is 0 Å². The van der Waals surface area contributed by atoms with Crippen molar-refractivity contribution in [3.8, 4) is 0 Å². The quantitative estimate of drug-likeness (QED) is 0.0328. The van der Waals surface area contributed by atoms with Crippen LogP contribution in [-0.2, 0) is 75.6 Å². The first-order valence-electron chi connectivity index (χ1n) is 25.3. The van der Waals surface area contributed by atoms with Crippen LogP contribution in [0.25, 0.3) is 0 Å². The third kappa shape index (κ3) is 36.8.